The van der Waals surface area contributed by atoms with Gasteiger partial charge in [-0.2, -0.15) is 4.98 Å². The summed E-state index contributed by atoms with van der Waals surface area (Å²) >= 11 is 3.51. The van der Waals surface area contributed by atoms with Gasteiger partial charge in [-0.1, -0.05) is 18.2 Å². The molecule has 2 amide bonds. The first-order chi connectivity index (χ1) is 16.6. The molecular formula is C24H25BrN8O. The lowest BCUT2D eigenvalue weighted by Crippen LogP contribution is -2.32. The Kier molecular flexibility index (Phi) is 6.57. The number of hydrogen-bond acceptors (Lipinski definition) is 6. The molecule has 2 aromatic heterocycles. The van der Waals surface area contributed by atoms with Gasteiger partial charge < -0.3 is 25.8 Å². The number of aromatic amines is 1. The van der Waals surface area contributed by atoms with E-state index in [-0.39, 0.29) is 6.03 Å². The Bertz CT molecular complexity index is 1270. The summed E-state index contributed by atoms with van der Waals surface area (Å²) in [5.74, 6) is 2.06. The number of likely N-dealkylation sites (tertiary alicyclic amines) is 1. The van der Waals surface area contributed by atoms with Crippen molar-refractivity contribution in [2.24, 2.45) is 0 Å². The molecule has 34 heavy (non-hydrogen) atoms. The molecular weight excluding hydrogens is 496 g/mol. The molecule has 9 nitrogen and oxygen atoms in total. The molecule has 1 fully saturated rings. The highest BCUT2D eigenvalue weighted by atomic mass is 79.9. The quantitative estimate of drug-likeness (QED) is 0.268. The number of amides is 2. The average Bonchev–Trinajstić information content (AvgIpc) is 3.51. The summed E-state index contributed by atoms with van der Waals surface area (Å²) in [4.78, 5) is 31.1. The second-order valence-electron chi connectivity index (χ2n) is 8.10. The van der Waals surface area contributed by atoms with Gasteiger partial charge in [-0.25, -0.2) is 14.8 Å². The summed E-state index contributed by atoms with van der Waals surface area (Å²) < 4.78 is 0.772. The number of aromatic nitrogens is 4. The number of fused-ring (bicyclic) bond motifs is 1. The SMILES string of the molecule is O=C(Nc1cccc(Nc2ncc(Br)c(NCCc3nc4ccccc4[nH]3)n2)c1)N1CCCC1. The van der Waals surface area contributed by atoms with Crippen LogP contribution < -0.4 is 16.0 Å². The van der Waals surface area contributed by atoms with Gasteiger partial charge in [-0.15, -0.1) is 0 Å². The van der Waals surface area contributed by atoms with Gasteiger partial charge in [0.05, 0.1) is 15.5 Å². The Hall–Kier alpha value is -3.66. The van der Waals surface area contributed by atoms with Crippen LogP contribution in [0.2, 0.25) is 0 Å². The Labute approximate surface area is 205 Å². The van der Waals surface area contributed by atoms with Crippen LogP contribution in [-0.4, -0.2) is 50.5 Å². The lowest BCUT2D eigenvalue weighted by atomic mass is 10.3. The first-order valence-corrected chi connectivity index (χ1v) is 12.1. The van der Waals surface area contributed by atoms with E-state index in [2.05, 4.69) is 51.8 Å². The van der Waals surface area contributed by atoms with Crippen LogP contribution in [0.15, 0.2) is 59.2 Å². The number of nitrogens with zero attached hydrogens (tertiary/aromatic N) is 4. The predicted octanol–water partition coefficient (Wildman–Crippen LogP) is 5.14. The van der Waals surface area contributed by atoms with Crippen molar-refractivity contribution in [1.29, 1.82) is 0 Å². The zero-order valence-electron chi connectivity index (χ0n) is 18.5. The van der Waals surface area contributed by atoms with E-state index >= 15 is 0 Å². The van der Waals surface area contributed by atoms with Crippen LogP contribution in [0, 0.1) is 0 Å². The largest absolute Gasteiger partial charge is 0.369 e. The molecule has 0 saturated carbocycles. The van der Waals surface area contributed by atoms with Crippen molar-refractivity contribution in [1.82, 2.24) is 24.8 Å². The number of urea groups is 1. The number of benzene rings is 2. The number of H-pyrrole nitrogens is 1. The van der Waals surface area contributed by atoms with E-state index in [1.54, 1.807) is 6.20 Å². The zero-order valence-corrected chi connectivity index (χ0v) is 20.1. The van der Waals surface area contributed by atoms with Gasteiger partial charge in [0, 0.05) is 43.6 Å². The maximum atomic E-state index is 12.4. The van der Waals surface area contributed by atoms with Gasteiger partial charge in [0.2, 0.25) is 5.95 Å². The lowest BCUT2D eigenvalue weighted by Gasteiger charge is -2.16. The Balaban J connectivity index is 1.20. The monoisotopic (exact) mass is 520 g/mol. The summed E-state index contributed by atoms with van der Waals surface area (Å²) in [6, 6.07) is 15.4. The van der Waals surface area contributed by atoms with E-state index in [4.69, 9.17) is 0 Å². The van der Waals surface area contributed by atoms with Crippen molar-refractivity contribution in [3.05, 3.63) is 65.0 Å². The number of halogens is 1. The fourth-order valence-electron chi connectivity index (χ4n) is 3.90. The van der Waals surface area contributed by atoms with Gasteiger partial charge in [0.15, 0.2) is 0 Å². The molecule has 0 spiro atoms. The highest BCUT2D eigenvalue weighted by Crippen LogP contribution is 2.24. The van der Waals surface area contributed by atoms with E-state index in [0.29, 0.717) is 18.3 Å². The maximum absolute atomic E-state index is 12.4. The molecule has 3 heterocycles. The number of para-hydroxylation sites is 2. The molecule has 0 radical (unpaired) electrons. The third-order valence-electron chi connectivity index (χ3n) is 5.60. The van der Waals surface area contributed by atoms with E-state index in [0.717, 1.165) is 65.1 Å². The third kappa shape index (κ3) is 5.28. The average molecular weight is 521 g/mol. The normalized spacial score (nSPS) is 13.3. The fourth-order valence-corrected chi connectivity index (χ4v) is 4.23. The number of carbonyl (C=O) groups is 1. The second-order valence-corrected chi connectivity index (χ2v) is 8.95. The van der Waals surface area contributed by atoms with Crippen molar-refractivity contribution in [3.8, 4) is 0 Å². The van der Waals surface area contributed by atoms with E-state index in [1.807, 2.05) is 53.4 Å². The first-order valence-electron chi connectivity index (χ1n) is 11.3. The first kappa shape index (κ1) is 22.1. The van der Waals surface area contributed by atoms with Crippen LogP contribution >= 0.6 is 15.9 Å². The molecule has 1 aliphatic heterocycles. The minimum absolute atomic E-state index is 0.0644. The van der Waals surface area contributed by atoms with Crippen LogP contribution in [-0.2, 0) is 6.42 Å². The van der Waals surface area contributed by atoms with E-state index < -0.39 is 0 Å². The van der Waals surface area contributed by atoms with Crippen LogP contribution in [0.1, 0.15) is 18.7 Å². The standard InChI is InChI=1S/C24H25BrN8O/c25-18-15-27-23(28-16-6-5-7-17(14-16)29-24(34)33-12-3-4-13-33)32-22(18)26-11-10-21-30-19-8-1-2-9-20(19)31-21/h1-2,5-9,14-15H,3-4,10-13H2,(H,29,34)(H,30,31)(H2,26,27,28,32). The van der Waals surface area contributed by atoms with Crippen LogP contribution in [0.3, 0.4) is 0 Å². The number of rotatable bonds is 7. The van der Waals surface area contributed by atoms with Crippen molar-refractivity contribution in [2.75, 3.05) is 35.6 Å². The fraction of sp³-hybridized carbons (Fsp3) is 0.250. The molecule has 5 rings (SSSR count). The summed E-state index contributed by atoms with van der Waals surface area (Å²) in [6.45, 7) is 2.28. The van der Waals surface area contributed by atoms with Gasteiger partial charge >= 0.3 is 6.03 Å². The summed E-state index contributed by atoms with van der Waals surface area (Å²) in [7, 11) is 0. The maximum Gasteiger partial charge on any atom is 0.321 e. The molecule has 0 bridgehead atoms. The lowest BCUT2D eigenvalue weighted by molar-refractivity contribution is 0.222. The molecule has 2 aromatic carbocycles. The molecule has 10 heteroatoms. The summed E-state index contributed by atoms with van der Waals surface area (Å²) in [6.07, 6.45) is 4.56. The molecule has 1 saturated heterocycles. The highest BCUT2D eigenvalue weighted by Gasteiger charge is 2.17. The molecule has 0 atom stereocenters. The molecule has 4 aromatic rings. The minimum atomic E-state index is -0.0644. The number of anilines is 4. The topological polar surface area (TPSA) is 111 Å². The number of hydrogen-bond donors (Lipinski definition) is 4. The molecule has 0 unspecified atom stereocenters. The van der Waals surface area contributed by atoms with Crippen molar-refractivity contribution >= 4 is 56.1 Å². The Morgan fingerprint density at radius 1 is 1.06 bits per heavy atom. The van der Waals surface area contributed by atoms with Crippen molar-refractivity contribution in [3.63, 3.8) is 0 Å². The number of nitrogens with one attached hydrogen (secondary N) is 4. The second kappa shape index (κ2) is 10.1. The van der Waals surface area contributed by atoms with Gasteiger partial charge in [-0.05, 0) is 59.1 Å². The van der Waals surface area contributed by atoms with Gasteiger partial charge in [0.25, 0.3) is 0 Å². The molecule has 174 valence electrons. The zero-order chi connectivity index (χ0) is 23.3. The summed E-state index contributed by atoms with van der Waals surface area (Å²) in [5.41, 5.74) is 3.51. The molecule has 1 aliphatic rings. The van der Waals surface area contributed by atoms with Crippen LogP contribution in [0.5, 0.6) is 0 Å². The van der Waals surface area contributed by atoms with E-state index in [1.165, 1.54) is 0 Å². The van der Waals surface area contributed by atoms with Gasteiger partial charge in [0.1, 0.15) is 11.6 Å². The smallest absolute Gasteiger partial charge is 0.321 e. The van der Waals surface area contributed by atoms with Crippen LogP contribution in [0.4, 0.5) is 27.9 Å². The Morgan fingerprint density at radius 3 is 2.74 bits per heavy atom. The highest BCUT2D eigenvalue weighted by molar-refractivity contribution is 9.10. The number of imidazole rings is 1. The van der Waals surface area contributed by atoms with Crippen molar-refractivity contribution < 1.29 is 4.79 Å². The number of carbonyl (C=O) groups excluding carboxylic acids is 1. The molecule has 0 aliphatic carbocycles. The minimum Gasteiger partial charge on any atom is -0.369 e. The third-order valence-corrected chi connectivity index (χ3v) is 6.18. The van der Waals surface area contributed by atoms with Crippen LogP contribution in [0.25, 0.3) is 11.0 Å². The van der Waals surface area contributed by atoms with Crippen molar-refractivity contribution in [2.45, 2.75) is 19.3 Å². The molecule has 4 N–H and O–H groups in total. The predicted molar refractivity (Wildman–Crippen MR) is 138 cm³/mol. The Morgan fingerprint density at radius 2 is 1.88 bits per heavy atom. The van der Waals surface area contributed by atoms with E-state index in [9.17, 15) is 4.79 Å². The summed E-state index contributed by atoms with van der Waals surface area (Å²) in [5, 5.41) is 9.52. The van der Waals surface area contributed by atoms with Gasteiger partial charge in [-0.3, -0.25) is 0 Å².